The van der Waals surface area contributed by atoms with Crippen molar-refractivity contribution >= 4 is 34.8 Å². The average molecular weight is 399 g/mol. The summed E-state index contributed by atoms with van der Waals surface area (Å²) in [5.74, 6) is -2.11. The number of alkyl halides is 3. The Labute approximate surface area is 157 Å². The Balaban J connectivity index is 1.93. The molecule has 1 heterocycles. The van der Waals surface area contributed by atoms with Crippen LogP contribution in [0.5, 0.6) is 5.75 Å². The highest BCUT2D eigenvalue weighted by Crippen LogP contribution is 2.37. The fourth-order valence-electron chi connectivity index (χ4n) is 2.62. The van der Waals surface area contributed by atoms with Crippen LogP contribution in [-0.2, 0) is 16.1 Å². The number of rotatable bonds is 3. The first-order chi connectivity index (χ1) is 12.6. The zero-order valence-corrected chi connectivity index (χ0v) is 14.8. The average Bonchev–Trinajstić information content (AvgIpc) is 2.60. The van der Waals surface area contributed by atoms with E-state index in [0.717, 1.165) is 5.56 Å². The molecule has 0 saturated carbocycles. The molecular weight excluding hydrogens is 385 g/mol. The predicted octanol–water partition coefficient (Wildman–Crippen LogP) is 4.15. The van der Waals surface area contributed by atoms with Gasteiger partial charge in [0.15, 0.2) is 6.10 Å². The van der Waals surface area contributed by atoms with E-state index in [1.807, 2.05) is 0 Å². The number of anilines is 2. The van der Waals surface area contributed by atoms with Crippen molar-refractivity contribution in [3.63, 3.8) is 0 Å². The molecule has 0 aromatic heterocycles. The number of carbonyl (C=O) groups excluding carboxylic acids is 2. The third-order valence-electron chi connectivity index (χ3n) is 3.94. The zero-order chi connectivity index (χ0) is 19.8. The van der Waals surface area contributed by atoms with E-state index in [4.69, 9.17) is 16.3 Å². The molecular formula is C18H14ClF3N2O3. The fraction of sp³-hybridized carbons (Fsp3) is 0.222. The minimum absolute atomic E-state index is 0.0943. The first-order valence-electron chi connectivity index (χ1n) is 7.90. The highest BCUT2D eigenvalue weighted by atomic mass is 35.5. The van der Waals surface area contributed by atoms with E-state index >= 15 is 0 Å². The Hall–Kier alpha value is -2.74. The lowest BCUT2D eigenvalue weighted by Crippen LogP contribution is -2.44. The second-order valence-electron chi connectivity index (χ2n) is 5.95. The Bertz CT molecular complexity index is 884. The van der Waals surface area contributed by atoms with E-state index in [0.29, 0.717) is 10.8 Å². The minimum Gasteiger partial charge on any atom is -0.479 e. The number of carbonyl (C=O) groups is 2. The summed E-state index contributed by atoms with van der Waals surface area (Å²) in [4.78, 5) is 25.1. The molecule has 1 unspecified atom stereocenters. The molecule has 2 aromatic carbocycles. The molecule has 0 aliphatic carbocycles. The van der Waals surface area contributed by atoms with Crippen molar-refractivity contribution in [3.8, 4) is 5.75 Å². The van der Waals surface area contributed by atoms with Crippen LogP contribution in [0.15, 0.2) is 42.5 Å². The third kappa shape index (κ3) is 4.16. The number of hydrogen-bond acceptors (Lipinski definition) is 3. The summed E-state index contributed by atoms with van der Waals surface area (Å²) in [5.41, 5.74) is 0.952. The van der Waals surface area contributed by atoms with Gasteiger partial charge in [0.25, 0.3) is 5.91 Å². The van der Waals surface area contributed by atoms with Crippen molar-refractivity contribution in [3.05, 3.63) is 53.1 Å². The van der Waals surface area contributed by atoms with Crippen molar-refractivity contribution in [2.45, 2.75) is 25.7 Å². The second kappa shape index (κ2) is 7.11. The molecule has 1 N–H and O–H groups in total. The fourth-order valence-corrected chi connectivity index (χ4v) is 2.75. The summed E-state index contributed by atoms with van der Waals surface area (Å²) in [6.45, 7) is 1.76. The van der Waals surface area contributed by atoms with E-state index in [2.05, 4.69) is 0 Å². The van der Waals surface area contributed by atoms with Gasteiger partial charge in [-0.1, -0.05) is 23.7 Å². The quantitative estimate of drug-likeness (QED) is 0.844. The van der Waals surface area contributed by atoms with Crippen LogP contribution >= 0.6 is 11.6 Å². The second-order valence-corrected chi connectivity index (χ2v) is 6.38. The Kier molecular flexibility index (Phi) is 5.01. The van der Waals surface area contributed by atoms with Gasteiger partial charge in [0.1, 0.15) is 5.75 Å². The van der Waals surface area contributed by atoms with Gasteiger partial charge in [0.05, 0.1) is 12.2 Å². The molecule has 1 atom stereocenters. The van der Waals surface area contributed by atoms with E-state index < -0.39 is 18.2 Å². The van der Waals surface area contributed by atoms with Crippen LogP contribution in [0, 0.1) is 0 Å². The normalized spacial score (nSPS) is 16.6. The van der Waals surface area contributed by atoms with E-state index in [9.17, 15) is 22.8 Å². The van der Waals surface area contributed by atoms with Crippen LogP contribution in [0.2, 0.25) is 5.02 Å². The monoisotopic (exact) mass is 398 g/mol. The molecule has 1 aliphatic heterocycles. The van der Waals surface area contributed by atoms with Gasteiger partial charge in [0.2, 0.25) is 0 Å². The van der Waals surface area contributed by atoms with Crippen molar-refractivity contribution in [2.24, 2.45) is 0 Å². The molecule has 2 aromatic rings. The molecule has 0 bridgehead atoms. The van der Waals surface area contributed by atoms with Crippen molar-refractivity contribution < 1.29 is 27.5 Å². The smallest absolute Gasteiger partial charge is 0.471 e. The maximum Gasteiger partial charge on any atom is 0.471 e. The van der Waals surface area contributed by atoms with Crippen LogP contribution < -0.4 is 15.0 Å². The first-order valence-corrected chi connectivity index (χ1v) is 8.27. The number of hydrogen-bond donors (Lipinski definition) is 1. The standard InChI is InChI=1S/C18H14ClF3N2O3/c1-10-16(25)24(9-11-2-4-12(19)5-3-11)14-8-13(6-7-15(14)27-10)23-17(26)18(20,21)22/h2-8,10H,9H2,1H3,(H,23,26). The van der Waals surface area contributed by atoms with Gasteiger partial charge in [-0.25, -0.2) is 0 Å². The maximum atomic E-state index is 12.6. The summed E-state index contributed by atoms with van der Waals surface area (Å²) in [5, 5.41) is 2.31. The molecule has 0 fully saturated rings. The van der Waals surface area contributed by atoms with E-state index in [1.54, 1.807) is 36.5 Å². The summed E-state index contributed by atoms with van der Waals surface area (Å²) < 4.78 is 42.9. The van der Waals surface area contributed by atoms with Crippen LogP contribution in [0.25, 0.3) is 0 Å². The number of nitrogens with zero attached hydrogens (tertiary/aromatic N) is 1. The molecule has 0 saturated heterocycles. The third-order valence-corrected chi connectivity index (χ3v) is 4.19. The summed E-state index contributed by atoms with van der Waals surface area (Å²) >= 11 is 5.86. The number of fused-ring (bicyclic) bond motifs is 1. The summed E-state index contributed by atoms with van der Waals surface area (Å²) in [7, 11) is 0. The zero-order valence-electron chi connectivity index (χ0n) is 14.0. The number of halogens is 4. The molecule has 3 rings (SSSR count). The van der Waals surface area contributed by atoms with Gasteiger partial charge in [-0.2, -0.15) is 13.2 Å². The van der Waals surface area contributed by atoms with Gasteiger partial charge in [-0.15, -0.1) is 0 Å². The molecule has 0 radical (unpaired) electrons. The van der Waals surface area contributed by atoms with Gasteiger partial charge in [-0.05, 0) is 42.8 Å². The minimum atomic E-state index is -5.01. The van der Waals surface area contributed by atoms with Gasteiger partial charge in [0, 0.05) is 10.7 Å². The number of nitrogens with one attached hydrogen (secondary N) is 1. The lowest BCUT2D eigenvalue weighted by molar-refractivity contribution is -0.167. The SMILES string of the molecule is CC1Oc2ccc(NC(=O)C(F)(F)F)cc2N(Cc2ccc(Cl)cc2)C1=O. The molecule has 142 valence electrons. The molecule has 27 heavy (non-hydrogen) atoms. The highest BCUT2D eigenvalue weighted by molar-refractivity contribution is 6.30. The Morgan fingerprint density at radius 1 is 1.22 bits per heavy atom. The number of ether oxygens (including phenoxy) is 1. The van der Waals surface area contributed by atoms with Crippen LogP contribution in [0.3, 0.4) is 0 Å². The lowest BCUT2D eigenvalue weighted by atomic mass is 10.1. The highest BCUT2D eigenvalue weighted by Gasteiger charge is 2.39. The van der Waals surface area contributed by atoms with Crippen LogP contribution in [0.1, 0.15) is 12.5 Å². The van der Waals surface area contributed by atoms with E-state index in [1.165, 1.54) is 23.1 Å². The predicted molar refractivity (Wildman–Crippen MR) is 93.9 cm³/mol. The first kappa shape index (κ1) is 19.0. The maximum absolute atomic E-state index is 12.6. The van der Waals surface area contributed by atoms with Crippen molar-refractivity contribution in [1.29, 1.82) is 0 Å². The largest absolute Gasteiger partial charge is 0.479 e. The molecule has 9 heteroatoms. The summed E-state index contributed by atoms with van der Waals surface area (Å²) in [6, 6.07) is 10.8. The van der Waals surface area contributed by atoms with Crippen LogP contribution in [0.4, 0.5) is 24.5 Å². The van der Waals surface area contributed by atoms with Gasteiger partial charge >= 0.3 is 12.1 Å². The van der Waals surface area contributed by atoms with Gasteiger partial charge < -0.3 is 15.0 Å². The van der Waals surface area contributed by atoms with Crippen LogP contribution in [-0.4, -0.2) is 24.1 Å². The molecule has 2 amide bonds. The van der Waals surface area contributed by atoms with E-state index in [-0.39, 0.29) is 23.8 Å². The lowest BCUT2D eigenvalue weighted by Gasteiger charge is -2.33. The van der Waals surface area contributed by atoms with Crippen molar-refractivity contribution in [1.82, 2.24) is 0 Å². The van der Waals surface area contributed by atoms with Gasteiger partial charge in [-0.3, -0.25) is 9.59 Å². The molecule has 5 nitrogen and oxygen atoms in total. The summed E-state index contributed by atoms with van der Waals surface area (Å²) in [6.07, 6.45) is -5.76. The molecule has 1 aliphatic rings. The number of benzene rings is 2. The Morgan fingerprint density at radius 3 is 2.52 bits per heavy atom. The van der Waals surface area contributed by atoms with Crippen molar-refractivity contribution in [2.75, 3.05) is 10.2 Å². The number of amides is 2. The topological polar surface area (TPSA) is 58.6 Å². The Morgan fingerprint density at radius 2 is 1.89 bits per heavy atom. The molecule has 0 spiro atoms.